The average molecular weight is 289 g/mol. The van der Waals surface area contributed by atoms with Crippen molar-refractivity contribution in [3.8, 4) is 5.75 Å². The van der Waals surface area contributed by atoms with Gasteiger partial charge in [0.05, 0.1) is 7.11 Å². The minimum atomic E-state index is -0.176. The fourth-order valence-corrected chi connectivity index (χ4v) is 1.98. The summed E-state index contributed by atoms with van der Waals surface area (Å²) in [6.45, 7) is 7.65. The van der Waals surface area contributed by atoms with Crippen LogP contribution in [0.15, 0.2) is 36.4 Å². The molecule has 0 spiro atoms. The minimum absolute atomic E-state index is 0.0973. The Balaban J connectivity index is 0.00000106. The molecule has 1 aliphatic heterocycles. The predicted octanol–water partition coefficient (Wildman–Crippen LogP) is 2.94. The molecular formula is C17H23NO3. The van der Waals surface area contributed by atoms with Gasteiger partial charge < -0.3 is 9.64 Å². The van der Waals surface area contributed by atoms with Crippen molar-refractivity contribution in [3.05, 3.63) is 42.0 Å². The number of ketones is 1. The van der Waals surface area contributed by atoms with E-state index in [2.05, 4.69) is 6.92 Å². The number of hydrogen-bond donors (Lipinski definition) is 0. The van der Waals surface area contributed by atoms with Crippen LogP contribution in [0, 0.1) is 5.92 Å². The number of likely N-dealkylation sites (tertiary alicyclic amines) is 1. The molecule has 0 saturated carbocycles. The number of benzene rings is 1. The van der Waals surface area contributed by atoms with Crippen LogP contribution in [0.5, 0.6) is 5.75 Å². The number of methoxy groups -OCH3 is 1. The number of carbonyl (C=O) groups excluding carboxylic acids is 2. The van der Waals surface area contributed by atoms with Crippen molar-refractivity contribution >= 4 is 11.7 Å². The Morgan fingerprint density at radius 1 is 1.14 bits per heavy atom. The summed E-state index contributed by atoms with van der Waals surface area (Å²) in [5.74, 6) is 0.991. The summed E-state index contributed by atoms with van der Waals surface area (Å²) < 4.78 is 5.02. The first-order valence-corrected chi connectivity index (χ1v) is 7.25. The molecule has 2 rings (SSSR count). The zero-order valence-electron chi connectivity index (χ0n) is 13.1. The molecule has 0 bridgehead atoms. The lowest BCUT2D eigenvalue weighted by Crippen LogP contribution is -2.47. The maximum atomic E-state index is 11.8. The Bertz CT molecular complexity index is 499. The molecule has 4 heteroatoms. The smallest absolute Gasteiger partial charge is 0.246 e. The Hall–Kier alpha value is -2.10. The molecule has 0 radical (unpaired) electrons. The highest BCUT2D eigenvalue weighted by molar-refractivity contribution is 6.07. The largest absolute Gasteiger partial charge is 0.497 e. The minimum Gasteiger partial charge on any atom is -0.497 e. The third-order valence-electron chi connectivity index (χ3n) is 3.13. The standard InChI is InChI=1S/C15H17NO3.C2H6/c1-11-9-16(10-11)15(18)8-7-14(17)12-3-5-13(19-2)6-4-12;1-2/h3-8,11H,9-10H2,1-2H3;1-2H3/b8-7+;. The summed E-state index contributed by atoms with van der Waals surface area (Å²) >= 11 is 0. The molecule has 1 heterocycles. The first-order valence-electron chi connectivity index (χ1n) is 7.25. The van der Waals surface area contributed by atoms with Crippen molar-refractivity contribution in [1.82, 2.24) is 4.90 Å². The van der Waals surface area contributed by atoms with E-state index in [4.69, 9.17) is 4.74 Å². The van der Waals surface area contributed by atoms with Crippen LogP contribution in [-0.4, -0.2) is 36.8 Å². The van der Waals surface area contributed by atoms with Gasteiger partial charge in [-0.25, -0.2) is 0 Å². The third kappa shape index (κ3) is 4.74. The van der Waals surface area contributed by atoms with Crippen LogP contribution in [0.2, 0.25) is 0 Å². The molecule has 0 N–H and O–H groups in total. The highest BCUT2D eigenvalue weighted by atomic mass is 16.5. The number of nitrogens with zero attached hydrogens (tertiary/aromatic N) is 1. The maximum Gasteiger partial charge on any atom is 0.246 e. The summed E-state index contributed by atoms with van der Waals surface area (Å²) in [7, 11) is 1.57. The second-order valence-electron chi connectivity index (χ2n) is 4.77. The zero-order valence-corrected chi connectivity index (χ0v) is 13.1. The van der Waals surface area contributed by atoms with E-state index >= 15 is 0 Å². The molecule has 0 atom stereocenters. The summed E-state index contributed by atoms with van der Waals surface area (Å²) in [5.41, 5.74) is 0.543. The molecule has 1 aromatic carbocycles. The first-order chi connectivity index (χ1) is 10.1. The quantitative estimate of drug-likeness (QED) is 0.632. The van der Waals surface area contributed by atoms with Gasteiger partial charge in [-0.1, -0.05) is 20.8 Å². The summed E-state index contributed by atoms with van der Waals surface area (Å²) in [6.07, 6.45) is 2.67. The van der Waals surface area contributed by atoms with Crippen LogP contribution in [0.3, 0.4) is 0 Å². The predicted molar refractivity (Wildman–Crippen MR) is 83.6 cm³/mol. The van der Waals surface area contributed by atoms with Gasteiger partial charge in [0.1, 0.15) is 5.75 Å². The molecule has 1 amide bonds. The molecule has 114 valence electrons. The topological polar surface area (TPSA) is 46.6 Å². The van der Waals surface area contributed by atoms with Gasteiger partial charge in [-0.3, -0.25) is 9.59 Å². The van der Waals surface area contributed by atoms with Gasteiger partial charge in [0.15, 0.2) is 5.78 Å². The SMILES string of the molecule is CC.COc1ccc(C(=O)/C=C/C(=O)N2CC(C)C2)cc1. The molecular weight excluding hydrogens is 266 g/mol. The summed E-state index contributed by atoms with van der Waals surface area (Å²) in [6, 6.07) is 6.81. The molecule has 1 aromatic rings. The summed E-state index contributed by atoms with van der Waals surface area (Å²) in [4.78, 5) is 25.2. The monoisotopic (exact) mass is 289 g/mol. The van der Waals surface area contributed by atoms with Gasteiger partial charge in [0.2, 0.25) is 5.91 Å². The molecule has 4 nitrogen and oxygen atoms in total. The second-order valence-corrected chi connectivity index (χ2v) is 4.77. The van der Waals surface area contributed by atoms with E-state index in [9.17, 15) is 9.59 Å². The van der Waals surface area contributed by atoms with Crippen LogP contribution in [-0.2, 0) is 4.79 Å². The number of carbonyl (C=O) groups is 2. The van der Waals surface area contributed by atoms with Crippen LogP contribution >= 0.6 is 0 Å². The molecule has 21 heavy (non-hydrogen) atoms. The van der Waals surface area contributed by atoms with Gasteiger partial charge in [-0.05, 0) is 36.3 Å². The fourth-order valence-electron chi connectivity index (χ4n) is 1.98. The Labute approximate surface area is 126 Å². The highest BCUT2D eigenvalue weighted by Crippen LogP contribution is 2.15. The number of amides is 1. The van der Waals surface area contributed by atoms with E-state index in [0.717, 1.165) is 13.1 Å². The average Bonchev–Trinajstić information content (AvgIpc) is 2.51. The lowest BCUT2D eigenvalue weighted by atomic mass is 10.0. The lowest BCUT2D eigenvalue weighted by Gasteiger charge is -2.36. The molecule has 1 fully saturated rings. The van der Waals surface area contributed by atoms with Crippen molar-refractivity contribution in [2.45, 2.75) is 20.8 Å². The number of rotatable bonds is 4. The third-order valence-corrected chi connectivity index (χ3v) is 3.13. The number of allylic oxidation sites excluding steroid dienone is 1. The fraction of sp³-hybridized carbons (Fsp3) is 0.412. The van der Waals surface area contributed by atoms with Crippen LogP contribution in [0.1, 0.15) is 31.1 Å². The van der Waals surface area contributed by atoms with Gasteiger partial charge in [0.25, 0.3) is 0 Å². The highest BCUT2D eigenvalue weighted by Gasteiger charge is 2.25. The van der Waals surface area contributed by atoms with E-state index in [-0.39, 0.29) is 11.7 Å². The van der Waals surface area contributed by atoms with Crippen LogP contribution < -0.4 is 4.74 Å². The van der Waals surface area contributed by atoms with E-state index in [1.807, 2.05) is 13.8 Å². The van der Waals surface area contributed by atoms with E-state index in [1.54, 1.807) is 36.3 Å². The molecule has 0 unspecified atom stereocenters. The number of ether oxygens (including phenoxy) is 1. The normalized spacial score (nSPS) is 14.2. The maximum absolute atomic E-state index is 11.8. The molecule has 1 aliphatic rings. The van der Waals surface area contributed by atoms with Crippen molar-refractivity contribution in [2.24, 2.45) is 5.92 Å². The zero-order chi connectivity index (χ0) is 15.8. The Morgan fingerprint density at radius 2 is 1.71 bits per heavy atom. The van der Waals surface area contributed by atoms with E-state index in [1.165, 1.54) is 12.2 Å². The van der Waals surface area contributed by atoms with Crippen LogP contribution in [0.4, 0.5) is 0 Å². The van der Waals surface area contributed by atoms with Crippen molar-refractivity contribution in [1.29, 1.82) is 0 Å². The Kier molecular flexibility index (Phi) is 6.66. The second kappa shape index (κ2) is 8.25. The van der Waals surface area contributed by atoms with E-state index < -0.39 is 0 Å². The lowest BCUT2D eigenvalue weighted by molar-refractivity contribution is -0.131. The van der Waals surface area contributed by atoms with Crippen molar-refractivity contribution in [3.63, 3.8) is 0 Å². The first kappa shape index (κ1) is 17.0. The van der Waals surface area contributed by atoms with Crippen LogP contribution in [0.25, 0.3) is 0 Å². The van der Waals surface area contributed by atoms with Gasteiger partial charge >= 0.3 is 0 Å². The number of hydrogen-bond acceptors (Lipinski definition) is 3. The molecule has 1 saturated heterocycles. The van der Waals surface area contributed by atoms with Crippen molar-refractivity contribution in [2.75, 3.05) is 20.2 Å². The van der Waals surface area contributed by atoms with E-state index in [0.29, 0.717) is 17.2 Å². The van der Waals surface area contributed by atoms with Gasteiger partial charge in [-0.2, -0.15) is 0 Å². The Morgan fingerprint density at radius 3 is 2.19 bits per heavy atom. The molecule has 0 aliphatic carbocycles. The molecule has 0 aromatic heterocycles. The van der Waals surface area contributed by atoms with Gasteiger partial charge in [-0.15, -0.1) is 0 Å². The van der Waals surface area contributed by atoms with Crippen molar-refractivity contribution < 1.29 is 14.3 Å². The summed E-state index contributed by atoms with van der Waals surface area (Å²) in [5, 5.41) is 0. The van der Waals surface area contributed by atoms with Gasteiger partial charge in [0, 0.05) is 24.7 Å².